The Morgan fingerprint density at radius 1 is 1.23 bits per heavy atom. The maximum Gasteiger partial charge on any atom is 0.422 e. The molecule has 0 radical (unpaired) electrons. The van der Waals surface area contributed by atoms with Crippen molar-refractivity contribution >= 4 is 22.3 Å². The number of hydrogen-bond donors (Lipinski definition) is 1. The predicted molar refractivity (Wildman–Crippen MR) is 96.3 cm³/mol. The molecule has 0 unspecified atom stereocenters. The molecule has 1 saturated heterocycles. The van der Waals surface area contributed by atoms with Crippen LogP contribution in [0.4, 0.5) is 4.79 Å². The van der Waals surface area contributed by atoms with Gasteiger partial charge >= 0.3 is 22.3 Å². The molecule has 1 aromatic rings. The van der Waals surface area contributed by atoms with E-state index in [1.807, 2.05) is 43.7 Å². The predicted octanol–water partition coefficient (Wildman–Crippen LogP) is 2.07. The summed E-state index contributed by atoms with van der Waals surface area (Å²) in [6.45, 7) is 7.89. The molecule has 1 amide bonds. The van der Waals surface area contributed by atoms with Crippen LogP contribution in [0, 0.1) is 5.92 Å². The molecule has 9 heteroatoms. The number of carbonyl (C=O) groups is 2. The van der Waals surface area contributed by atoms with E-state index >= 15 is 0 Å². The molecule has 1 aromatic carbocycles. The van der Waals surface area contributed by atoms with Gasteiger partial charge in [0.05, 0.1) is 6.10 Å². The van der Waals surface area contributed by atoms with Crippen molar-refractivity contribution in [2.24, 2.45) is 5.92 Å². The highest BCUT2D eigenvalue weighted by Crippen LogP contribution is 2.17. The van der Waals surface area contributed by atoms with Crippen molar-refractivity contribution in [3.05, 3.63) is 35.9 Å². The van der Waals surface area contributed by atoms with Crippen LogP contribution in [-0.2, 0) is 31.1 Å². The first-order valence-corrected chi connectivity index (χ1v) is 9.70. The summed E-state index contributed by atoms with van der Waals surface area (Å²) in [6, 6.07) is 9.06. The molecule has 1 aliphatic rings. The SMILES string of the molecule is CC(=O)OC(C)C.CC1CN(S(=O)(=O)NC(=O)OCc2ccccc2)C1. The van der Waals surface area contributed by atoms with E-state index in [9.17, 15) is 18.0 Å². The van der Waals surface area contributed by atoms with Gasteiger partial charge in [-0.25, -0.2) is 9.52 Å². The third-order valence-electron chi connectivity index (χ3n) is 3.20. The fraction of sp³-hybridized carbons (Fsp3) is 0.529. The molecule has 0 spiro atoms. The first-order valence-electron chi connectivity index (χ1n) is 8.26. The normalized spacial score (nSPS) is 14.7. The molecule has 0 aliphatic carbocycles. The molecule has 1 fully saturated rings. The number of nitrogens with one attached hydrogen (secondary N) is 1. The van der Waals surface area contributed by atoms with Gasteiger partial charge in [-0.15, -0.1) is 0 Å². The van der Waals surface area contributed by atoms with Gasteiger partial charge in [-0.05, 0) is 25.3 Å². The Morgan fingerprint density at radius 2 is 1.81 bits per heavy atom. The monoisotopic (exact) mass is 386 g/mol. The fourth-order valence-corrected chi connectivity index (χ4v) is 3.39. The van der Waals surface area contributed by atoms with E-state index in [-0.39, 0.29) is 18.7 Å². The van der Waals surface area contributed by atoms with E-state index in [0.717, 1.165) is 5.56 Å². The van der Waals surface area contributed by atoms with E-state index in [1.54, 1.807) is 12.1 Å². The van der Waals surface area contributed by atoms with Crippen molar-refractivity contribution < 1.29 is 27.5 Å². The standard InChI is InChI=1S/C12H16N2O4S.C5H10O2/c1-10-7-14(8-10)19(16,17)13-12(15)18-9-11-5-3-2-4-6-11;1-4(2)7-5(3)6/h2-6,10H,7-9H2,1H3,(H,13,15);4H,1-3H3. The van der Waals surface area contributed by atoms with Gasteiger partial charge in [0.25, 0.3) is 0 Å². The van der Waals surface area contributed by atoms with Gasteiger partial charge in [0.15, 0.2) is 0 Å². The summed E-state index contributed by atoms with van der Waals surface area (Å²) in [7, 11) is -3.75. The van der Waals surface area contributed by atoms with Gasteiger partial charge in [0.2, 0.25) is 0 Å². The van der Waals surface area contributed by atoms with E-state index in [0.29, 0.717) is 19.0 Å². The van der Waals surface area contributed by atoms with Gasteiger partial charge in [-0.2, -0.15) is 12.7 Å². The Kier molecular flexibility index (Phi) is 8.53. The first kappa shape index (κ1) is 21.9. The van der Waals surface area contributed by atoms with Gasteiger partial charge in [0.1, 0.15) is 6.61 Å². The summed E-state index contributed by atoms with van der Waals surface area (Å²) in [4.78, 5) is 21.5. The van der Waals surface area contributed by atoms with Gasteiger partial charge < -0.3 is 9.47 Å². The smallest absolute Gasteiger partial charge is 0.422 e. The fourth-order valence-electron chi connectivity index (χ4n) is 2.09. The highest BCUT2D eigenvalue weighted by atomic mass is 32.2. The van der Waals surface area contributed by atoms with Crippen LogP contribution in [0.5, 0.6) is 0 Å². The molecule has 1 heterocycles. The molecule has 8 nitrogen and oxygen atoms in total. The van der Waals surface area contributed by atoms with E-state index in [2.05, 4.69) is 4.74 Å². The van der Waals surface area contributed by atoms with Crippen molar-refractivity contribution in [3.63, 3.8) is 0 Å². The number of benzene rings is 1. The summed E-state index contributed by atoms with van der Waals surface area (Å²) < 4.78 is 35.9. The van der Waals surface area contributed by atoms with Crippen molar-refractivity contribution in [3.8, 4) is 0 Å². The number of amides is 1. The zero-order valence-corrected chi connectivity index (χ0v) is 16.3. The van der Waals surface area contributed by atoms with E-state index in [4.69, 9.17) is 4.74 Å². The van der Waals surface area contributed by atoms with Crippen LogP contribution in [0.25, 0.3) is 0 Å². The highest BCUT2D eigenvalue weighted by molar-refractivity contribution is 7.87. The molecule has 2 rings (SSSR count). The number of esters is 1. The average Bonchev–Trinajstić information content (AvgIpc) is 2.50. The lowest BCUT2D eigenvalue weighted by Gasteiger charge is -2.35. The first-order chi connectivity index (χ1) is 12.1. The van der Waals surface area contributed by atoms with E-state index in [1.165, 1.54) is 11.2 Å². The maximum atomic E-state index is 11.7. The van der Waals surface area contributed by atoms with Gasteiger partial charge in [-0.3, -0.25) is 4.79 Å². The zero-order chi connectivity index (χ0) is 19.7. The molecule has 1 N–H and O–H groups in total. The molecule has 0 atom stereocenters. The second kappa shape index (κ2) is 10.1. The molecule has 0 bridgehead atoms. The summed E-state index contributed by atoms with van der Waals surface area (Å²) in [5, 5.41) is 0. The lowest BCUT2D eigenvalue weighted by atomic mass is 10.1. The van der Waals surface area contributed by atoms with Crippen molar-refractivity contribution in [2.45, 2.75) is 40.4 Å². The minimum absolute atomic E-state index is 0.0255. The minimum Gasteiger partial charge on any atom is -0.463 e. The zero-order valence-electron chi connectivity index (χ0n) is 15.5. The molecule has 146 valence electrons. The number of hydrogen-bond acceptors (Lipinski definition) is 6. The maximum absolute atomic E-state index is 11.7. The number of nitrogens with zero attached hydrogens (tertiary/aromatic N) is 1. The highest BCUT2D eigenvalue weighted by Gasteiger charge is 2.34. The Labute approximate surface area is 154 Å². The third kappa shape index (κ3) is 8.30. The van der Waals surface area contributed by atoms with Crippen LogP contribution < -0.4 is 4.72 Å². The lowest BCUT2D eigenvalue weighted by molar-refractivity contribution is -0.144. The Hall–Kier alpha value is -2.13. The van der Waals surface area contributed by atoms with Crippen molar-refractivity contribution in [1.29, 1.82) is 0 Å². The molecule has 1 aliphatic heterocycles. The number of ether oxygens (including phenoxy) is 2. The molecular formula is C17H26N2O6S. The minimum atomic E-state index is -3.75. The summed E-state index contributed by atoms with van der Waals surface area (Å²) in [6.07, 6.45) is -0.930. The third-order valence-corrected chi connectivity index (χ3v) is 4.60. The second-order valence-electron chi connectivity index (χ2n) is 6.25. The quantitative estimate of drug-likeness (QED) is 0.777. The van der Waals surface area contributed by atoms with E-state index < -0.39 is 16.3 Å². The van der Waals surface area contributed by atoms with Crippen LogP contribution in [0.15, 0.2) is 30.3 Å². The van der Waals surface area contributed by atoms with Crippen molar-refractivity contribution in [2.75, 3.05) is 13.1 Å². The second-order valence-corrected chi connectivity index (χ2v) is 7.92. The number of rotatable bonds is 5. The van der Waals surface area contributed by atoms with Gasteiger partial charge in [0, 0.05) is 20.0 Å². The lowest BCUT2D eigenvalue weighted by Crippen LogP contribution is -2.54. The Balaban J connectivity index is 0.000000412. The van der Waals surface area contributed by atoms with Gasteiger partial charge in [-0.1, -0.05) is 37.3 Å². The molecule has 0 saturated carbocycles. The Bertz CT molecular complexity index is 684. The van der Waals surface area contributed by atoms with Crippen molar-refractivity contribution in [1.82, 2.24) is 9.03 Å². The van der Waals surface area contributed by atoms with Crippen LogP contribution in [0.3, 0.4) is 0 Å². The Morgan fingerprint density at radius 3 is 2.23 bits per heavy atom. The average molecular weight is 386 g/mol. The summed E-state index contributed by atoms with van der Waals surface area (Å²) in [5.41, 5.74) is 0.799. The van der Waals surface area contributed by atoms with Crippen LogP contribution in [-0.4, -0.2) is 44.0 Å². The van der Waals surface area contributed by atoms with Crippen LogP contribution in [0.1, 0.15) is 33.3 Å². The molecule has 0 aromatic heterocycles. The number of carbonyl (C=O) groups excluding carboxylic acids is 2. The topological polar surface area (TPSA) is 102 Å². The summed E-state index contributed by atoms with van der Waals surface area (Å²) >= 11 is 0. The van der Waals surface area contributed by atoms with Crippen LogP contribution in [0.2, 0.25) is 0 Å². The molecular weight excluding hydrogens is 360 g/mol. The molecule has 26 heavy (non-hydrogen) atoms. The largest absolute Gasteiger partial charge is 0.463 e. The summed E-state index contributed by atoms with van der Waals surface area (Å²) in [5.74, 6) is 0.118. The van der Waals surface area contributed by atoms with Crippen LogP contribution >= 0.6 is 0 Å².